The fraction of sp³-hybridized carbons (Fsp3) is 0.105. The van der Waals surface area contributed by atoms with Crippen molar-refractivity contribution < 1.29 is 14.6 Å². The Hall–Kier alpha value is -3.21. The van der Waals surface area contributed by atoms with Crippen LogP contribution in [0.5, 0.6) is 5.75 Å². The molecule has 24 heavy (non-hydrogen) atoms. The number of aromatic nitrogens is 2. The number of hydrogen-bond acceptors (Lipinski definition) is 2. The highest BCUT2D eigenvalue weighted by Crippen LogP contribution is 2.38. The van der Waals surface area contributed by atoms with Gasteiger partial charge in [-0.25, -0.2) is 4.79 Å². The van der Waals surface area contributed by atoms with E-state index in [1.807, 2.05) is 31.3 Å². The minimum absolute atomic E-state index is 0.276. The molecule has 0 bridgehead atoms. The highest BCUT2D eigenvalue weighted by atomic mass is 16.5. The van der Waals surface area contributed by atoms with E-state index in [-0.39, 0.29) is 5.56 Å². The van der Waals surface area contributed by atoms with Crippen molar-refractivity contribution in [3.8, 4) is 16.9 Å². The summed E-state index contributed by atoms with van der Waals surface area (Å²) in [6.07, 6.45) is 1.92. The van der Waals surface area contributed by atoms with Crippen LogP contribution in [0.15, 0.2) is 42.6 Å². The number of aryl methyl sites for hydroxylation is 1. The van der Waals surface area contributed by atoms with E-state index in [0.29, 0.717) is 0 Å². The van der Waals surface area contributed by atoms with Gasteiger partial charge in [0.25, 0.3) is 0 Å². The topological polar surface area (TPSA) is 78.1 Å². The fourth-order valence-corrected chi connectivity index (χ4v) is 3.24. The smallest absolute Gasteiger partial charge is 0.335 e. The van der Waals surface area contributed by atoms with Crippen LogP contribution in [0.3, 0.4) is 0 Å². The van der Waals surface area contributed by atoms with Gasteiger partial charge < -0.3 is 19.8 Å². The Morgan fingerprint density at radius 1 is 1.08 bits per heavy atom. The van der Waals surface area contributed by atoms with Gasteiger partial charge in [-0.1, -0.05) is 0 Å². The summed E-state index contributed by atoms with van der Waals surface area (Å²) < 4.78 is 5.34. The largest absolute Gasteiger partial charge is 0.497 e. The Kier molecular flexibility index (Phi) is 3.09. The molecule has 2 aromatic heterocycles. The monoisotopic (exact) mass is 320 g/mol. The molecule has 2 aromatic carbocycles. The van der Waals surface area contributed by atoms with E-state index in [0.717, 1.165) is 44.4 Å². The van der Waals surface area contributed by atoms with Crippen LogP contribution in [-0.4, -0.2) is 28.2 Å². The van der Waals surface area contributed by atoms with Crippen molar-refractivity contribution in [2.45, 2.75) is 6.92 Å². The number of benzene rings is 2. The third-order valence-electron chi connectivity index (χ3n) is 4.39. The van der Waals surface area contributed by atoms with E-state index in [1.54, 1.807) is 25.3 Å². The summed E-state index contributed by atoms with van der Waals surface area (Å²) in [5.74, 6) is -0.143. The normalized spacial score (nSPS) is 11.2. The van der Waals surface area contributed by atoms with Crippen LogP contribution < -0.4 is 4.74 Å². The predicted molar refractivity (Wildman–Crippen MR) is 93.8 cm³/mol. The van der Waals surface area contributed by atoms with Gasteiger partial charge in [-0.05, 0) is 43.3 Å². The lowest BCUT2D eigenvalue weighted by Gasteiger charge is -2.03. The summed E-state index contributed by atoms with van der Waals surface area (Å²) in [5.41, 5.74) is 5.26. The van der Waals surface area contributed by atoms with Gasteiger partial charge in [0.2, 0.25) is 0 Å². The summed E-state index contributed by atoms with van der Waals surface area (Å²) in [5, 5.41) is 11.2. The molecule has 4 aromatic rings. The molecule has 2 heterocycles. The van der Waals surface area contributed by atoms with Gasteiger partial charge in [0.15, 0.2) is 0 Å². The van der Waals surface area contributed by atoms with Crippen molar-refractivity contribution >= 4 is 27.8 Å². The number of H-pyrrole nitrogens is 2. The highest BCUT2D eigenvalue weighted by Gasteiger charge is 2.16. The maximum absolute atomic E-state index is 11.3. The molecule has 5 heteroatoms. The average Bonchev–Trinajstić information content (AvgIpc) is 3.13. The SMILES string of the molecule is COc1ccc2[nH]c(C)c(-c3c[nH]c4ccc(C(=O)O)cc34)c2c1. The van der Waals surface area contributed by atoms with Gasteiger partial charge in [-0.15, -0.1) is 0 Å². The number of aromatic carboxylic acids is 1. The quantitative estimate of drug-likeness (QED) is 0.525. The zero-order valence-corrected chi connectivity index (χ0v) is 13.3. The highest BCUT2D eigenvalue weighted by molar-refractivity contribution is 6.07. The molecule has 0 radical (unpaired) electrons. The molecule has 0 unspecified atom stereocenters. The van der Waals surface area contributed by atoms with Gasteiger partial charge in [0.1, 0.15) is 5.75 Å². The van der Waals surface area contributed by atoms with Crippen LogP contribution in [0.4, 0.5) is 0 Å². The summed E-state index contributed by atoms with van der Waals surface area (Å²) in [6.45, 7) is 2.02. The predicted octanol–water partition coefficient (Wildman–Crippen LogP) is 4.33. The molecule has 0 saturated carbocycles. The molecule has 0 fully saturated rings. The number of aromatic amines is 2. The van der Waals surface area contributed by atoms with E-state index in [1.165, 1.54) is 0 Å². The third kappa shape index (κ3) is 2.06. The molecule has 0 amide bonds. The Labute approximate surface area is 137 Å². The van der Waals surface area contributed by atoms with Crippen molar-refractivity contribution in [2.24, 2.45) is 0 Å². The first kappa shape index (κ1) is 14.4. The molecule has 0 aliphatic heterocycles. The molecule has 0 atom stereocenters. The average molecular weight is 320 g/mol. The number of rotatable bonds is 3. The third-order valence-corrected chi connectivity index (χ3v) is 4.39. The lowest BCUT2D eigenvalue weighted by atomic mass is 10.00. The molecular formula is C19H16N2O3. The minimum atomic E-state index is -0.929. The first-order chi connectivity index (χ1) is 11.6. The van der Waals surface area contributed by atoms with Crippen LogP contribution in [-0.2, 0) is 0 Å². The number of nitrogens with one attached hydrogen (secondary N) is 2. The maximum Gasteiger partial charge on any atom is 0.335 e. The Morgan fingerprint density at radius 3 is 2.62 bits per heavy atom. The van der Waals surface area contributed by atoms with E-state index >= 15 is 0 Å². The zero-order valence-electron chi connectivity index (χ0n) is 13.3. The van der Waals surface area contributed by atoms with Crippen LogP contribution in [0.1, 0.15) is 16.1 Å². The van der Waals surface area contributed by atoms with E-state index in [9.17, 15) is 9.90 Å². The number of ether oxygens (including phenoxy) is 1. The van der Waals surface area contributed by atoms with Crippen LogP contribution in [0.25, 0.3) is 32.9 Å². The number of hydrogen-bond donors (Lipinski definition) is 3. The van der Waals surface area contributed by atoms with E-state index in [4.69, 9.17) is 4.74 Å². The second kappa shape index (κ2) is 5.16. The Morgan fingerprint density at radius 2 is 1.88 bits per heavy atom. The first-order valence-corrected chi connectivity index (χ1v) is 7.59. The molecule has 4 rings (SSSR count). The van der Waals surface area contributed by atoms with E-state index in [2.05, 4.69) is 9.97 Å². The molecular weight excluding hydrogens is 304 g/mol. The first-order valence-electron chi connectivity index (χ1n) is 7.59. The Balaban J connectivity index is 2.03. The Bertz CT molecular complexity index is 1090. The van der Waals surface area contributed by atoms with Gasteiger partial charge >= 0.3 is 5.97 Å². The minimum Gasteiger partial charge on any atom is -0.497 e. The van der Waals surface area contributed by atoms with Crippen LogP contribution >= 0.6 is 0 Å². The van der Waals surface area contributed by atoms with Crippen LogP contribution in [0, 0.1) is 6.92 Å². The van der Waals surface area contributed by atoms with Crippen molar-refractivity contribution in [2.75, 3.05) is 7.11 Å². The molecule has 0 aliphatic rings. The fourth-order valence-electron chi connectivity index (χ4n) is 3.24. The van der Waals surface area contributed by atoms with Crippen molar-refractivity contribution in [1.29, 1.82) is 0 Å². The molecule has 0 aliphatic carbocycles. The van der Waals surface area contributed by atoms with Gasteiger partial charge in [-0.2, -0.15) is 0 Å². The number of methoxy groups -OCH3 is 1. The molecule has 3 N–H and O–H groups in total. The van der Waals surface area contributed by atoms with Crippen molar-refractivity contribution in [1.82, 2.24) is 9.97 Å². The van der Waals surface area contributed by atoms with Crippen molar-refractivity contribution in [3.05, 3.63) is 53.9 Å². The molecule has 120 valence electrons. The lowest BCUT2D eigenvalue weighted by Crippen LogP contribution is -1.95. The molecule has 0 spiro atoms. The van der Waals surface area contributed by atoms with Gasteiger partial charge in [0, 0.05) is 44.8 Å². The molecule has 5 nitrogen and oxygen atoms in total. The lowest BCUT2D eigenvalue weighted by molar-refractivity contribution is 0.0697. The second-order valence-corrected chi connectivity index (χ2v) is 5.80. The standard InChI is InChI=1S/C19H16N2O3/c1-10-18(14-8-12(24-2)4-6-17(14)21-10)15-9-20-16-5-3-11(19(22)23)7-13(15)16/h3-9,20-21H,1-2H3,(H,22,23). The maximum atomic E-state index is 11.3. The summed E-state index contributed by atoms with van der Waals surface area (Å²) in [6, 6.07) is 11.0. The van der Waals surface area contributed by atoms with E-state index < -0.39 is 5.97 Å². The zero-order chi connectivity index (χ0) is 16.8. The van der Waals surface area contributed by atoms with Gasteiger partial charge in [-0.3, -0.25) is 0 Å². The van der Waals surface area contributed by atoms with Crippen LogP contribution in [0.2, 0.25) is 0 Å². The number of fused-ring (bicyclic) bond motifs is 2. The van der Waals surface area contributed by atoms with Gasteiger partial charge in [0.05, 0.1) is 12.7 Å². The summed E-state index contributed by atoms with van der Waals surface area (Å²) in [4.78, 5) is 17.9. The summed E-state index contributed by atoms with van der Waals surface area (Å²) >= 11 is 0. The molecule has 0 saturated heterocycles. The number of carboxylic acid groups (broad SMARTS) is 1. The number of carbonyl (C=O) groups is 1. The van der Waals surface area contributed by atoms with Crippen molar-refractivity contribution in [3.63, 3.8) is 0 Å². The number of carboxylic acids is 1. The second-order valence-electron chi connectivity index (χ2n) is 5.80. The summed E-state index contributed by atoms with van der Waals surface area (Å²) in [7, 11) is 1.64.